The zero-order chi connectivity index (χ0) is 12.5. The van der Waals surface area contributed by atoms with E-state index >= 15 is 0 Å². The molecule has 1 N–H and O–H groups in total. The Bertz CT molecular complexity index is 641. The second-order valence-electron chi connectivity index (χ2n) is 4.23. The highest BCUT2D eigenvalue weighted by atomic mass is 16.3. The number of nitrogens with one attached hydrogen (secondary N) is 1. The topological polar surface area (TPSA) is 69.3 Å². The van der Waals surface area contributed by atoms with Gasteiger partial charge >= 0.3 is 6.03 Å². The Morgan fingerprint density at radius 3 is 3.17 bits per heavy atom. The van der Waals surface area contributed by atoms with Gasteiger partial charge < -0.3 is 14.6 Å². The zero-order valence-corrected chi connectivity index (χ0v) is 9.59. The molecule has 5 nitrogen and oxygen atoms in total. The molecule has 1 saturated heterocycles. The summed E-state index contributed by atoms with van der Waals surface area (Å²) in [5, 5.41) is 12.5. The minimum absolute atomic E-state index is 0.109. The summed E-state index contributed by atoms with van der Waals surface area (Å²) in [6.07, 6.45) is 1.67. The fourth-order valence-electron chi connectivity index (χ4n) is 2.26. The first-order valence-corrected chi connectivity index (χ1v) is 5.68. The molecule has 5 heteroatoms. The van der Waals surface area contributed by atoms with Crippen molar-refractivity contribution < 1.29 is 9.21 Å². The van der Waals surface area contributed by atoms with Crippen LogP contribution in [0.5, 0.6) is 0 Å². The second kappa shape index (κ2) is 4.08. The average Bonchev–Trinajstić information content (AvgIpc) is 2.94. The standard InChI is InChI=1S/C13H11N3O2/c14-5-6-16-7-11(15-13(16)17)10-8-18-12-4-2-1-3-9(10)12/h1-4,8,11H,6-7H2,(H,15,17). The Balaban J connectivity index is 1.93. The fraction of sp³-hybridized carbons (Fsp3) is 0.231. The molecule has 1 aliphatic rings. The van der Waals surface area contributed by atoms with Gasteiger partial charge in [0.05, 0.1) is 18.4 Å². The number of amides is 2. The molecule has 2 aromatic rings. The van der Waals surface area contributed by atoms with Gasteiger partial charge in [0.1, 0.15) is 12.1 Å². The van der Waals surface area contributed by atoms with E-state index in [0.717, 1.165) is 16.5 Å². The first-order chi connectivity index (χ1) is 8.79. The molecule has 0 aliphatic carbocycles. The van der Waals surface area contributed by atoms with Crippen LogP contribution in [-0.4, -0.2) is 24.0 Å². The lowest BCUT2D eigenvalue weighted by Gasteiger charge is -2.08. The summed E-state index contributed by atoms with van der Waals surface area (Å²) >= 11 is 0. The van der Waals surface area contributed by atoms with Crippen LogP contribution in [0.15, 0.2) is 34.9 Å². The number of nitrogens with zero attached hydrogens (tertiary/aromatic N) is 2. The van der Waals surface area contributed by atoms with Crippen molar-refractivity contribution in [3.63, 3.8) is 0 Å². The van der Waals surface area contributed by atoms with Crippen molar-refractivity contribution in [2.45, 2.75) is 6.04 Å². The summed E-state index contributed by atoms with van der Waals surface area (Å²) in [4.78, 5) is 13.1. The first kappa shape index (κ1) is 10.7. The van der Waals surface area contributed by atoms with E-state index in [0.29, 0.717) is 6.54 Å². The Morgan fingerprint density at radius 2 is 2.33 bits per heavy atom. The predicted molar refractivity (Wildman–Crippen MR) is 64.7 cm³/mol. The van der Waals surface area contributed by atoms with Crippen molar-refractivity contribution >= 4 is 17.0 Å². The van der Waals surface area contributed by atoms with Crippen molar-refractivity contribution in [2.75, 3.05) is 13.1 Å². The van der Waals surface area contributed by atoms with Crippen molar-refractivity contribution in [3.05, 3.63) is 36.1 Å². The van der Waals surface area contributed by atoms with E-state index in [1.165, 1.54) is 4.90 Å². The Labute approximate surface area is 104 Å². The molecular weight excluding hydrogens is 230 g/mol. The number of carbonyl (C=O) groups is 1. The Morgan fingerprint density at radius 1 is 1.50 bits per heavy atom. The Hall–Kier alpha value is -2.48. The zero-order valence-electron chi connectivity index (χ0n) is 9.59. The number of urea groups is 1. The van der Waals surface area contributed by atoms with Gasteiger partial charge in [-0.3, -0.25) is 0 Å². The van der Waals surface area contributed by atoms with Gasteiger partial charge in [-0.15, -0.1) is 0 Å². The lowest BCUT2D eigenvalue weighted by molar-refractivity contribution is 0.222. The van der Waals surface area contributed by atoms with E-state index in [1.807, 2.05) is 30.3 Å². The summed E-state index contributed by atoms with van der Waals surface area (Å²) in [5.41, 5.74) is 1.76. The summed E-state index contributed by atoms with van der Waals surface area (Å²) in [6, 6.07) is 9.37. The third-order valence-electron chi connectivity index (χ3n) is 3.14. The molecule has 0 radical (unpaired) electrons. The second-order valence-corrected chi connectivity index (χ2v) is 4.23. The number of fused-ring (bicyclic) bond motifs is 1. The average molecular weight is 241 g/mol. The lowest BCUT2D eigenvalue weighted by atomic mass is 10.1. The number of hydrogen-bond donors (Lipinski definition) is 1. The highest BCUT2D eigenvalue weighted by Gasteiger charge is 2.31. The van der Waals surface area contributed by atoms with Gasteiger partial charge in [0.15, 0.2) is 0 Å². The van der Waals surface area contributed by atoms with Crippen LogP contribution in [0.2, 0.25) is 0 Å². The third kappa shape index (κ3) is 1.59. The minimum Gasteiger partial charge on any atom is -0.464 e. The van der Waals surface area contributed by atoms with E-state index in [-0.39, 0.29) is 18.6 Å². The predicted octanol–water partition coefficient (Wildman–Crippen LogP) is 2.02. The molecular formula is C13H11N3O2. The van der Waals surface area contributed by atoms with Gasteiger partial charge in [0.25, 0.3) is 0 Å². The SMILES string of the molecule is N#CCN1CC(c2coc3ccccc23)NC1=O. The first-order valence-electron chi connectivity index (χ1n) is 5.68. The largest absolute Gasteiger partial charge is 0.464 e. The summed E-state index contributed by atoms with van der Waals surface area (Å²) in [5.74, 6) is 0. The summed E-state index contributed by atoms with van der Waals surface area (Å²) < 4.78 is 5.46. The molecule has 3 rings (SSSR count). The van der Waals surface area contributed by atoms with Crippen LogP contribution in [0, 0.1) is 11.3 Å². The monoisotopic (exact) mass is 241 g/mol. The molecule has 1 unspecified atom stereocenters. The molecule has 1 aromatic heterocycles. The number of furan rings is 1. The van der Waals surface area contributed by atoms with Crippen LogP contribution >= 0.6 is 0 Å². The minimum atomic E-state index is -0.202. The highest BCUT2D eigenvalue weighted by Crippen LogP contribution is 2.29. The fourth-order valence-corrected chi connectivity index (χ4v) is 2.26. The summed E-state index contributed by atoms with van der Waals surface area (Å²) in [7, 11) is 0. The molecule has 2 heterocycles. The number of hydrogen-bond acceptors (Lipinski definition) is 3. The summed E-state index contributed by atoms with van der Waals surface area (Å²) in [6.45, 7) is 0.605. The molecule has 0 spiro atoms. The molecule has 90 valence electrons. The van der Waals surface area contributed by atoms with Gasteiger partial charge in [0, 0.05) is 17.5 Å². The molecule has 1 aliphatic heterocycles. The Kier molecular flexibility index (Phi) is 2.41. The number of rotatable bonds is 2. The van der Waals surface area contributed by atoms with Crippen LogP contribution < -0.4 is 5.32 Å². The lowest BCUT2D eigenvalue weighted by Crippen LogP contribution is -2.28. The molecule has 2 amide bonds. The van der Waals surface area contributed by atoms with Gasteiger partial charge in [-0.1, -0.05) is 18.2 Å². The molecule has 18 heavy (non-hydrogen) atoms. The third-order valence-corrected chi connectivity index (χ3v) is 3.14. The molecule has 1 aromatic carbocycles. The van der Waals surface area contributed by atoms with Crippen LogP contribution in [0.3, 0.4) is 0 Å². The van der Waals surface area contributed by atoms with E-state index in [4.69, 9.17) is 9.68 Å². The van der Waals surface area contributed by atoms with E-state index < -0.39 is 0 Å². The number of nitriles is 1. The maximum absolute atomic E-state index is 11.6. The maximum atomic E-state index is 11.6. The molecule has 0 bridgehead atoms. The van der Waals surface area contributed by atoms with Crippen LogP contribution in [-0.2, 0) is 0 Å². The van der Waals surface area contributed by atoms with Gasteiger partial charge in [-0.05, 0) is 6.07 Å². The van der Waals surface area contributed by atoms with Crippen molar-refractivity contribution in [3.8, 4) is 6.07 Å². The van der Waals surface area contributed by atoms with Crippen molar-refractivity contribution in [1.29, 1.82) is 5.26 Å². The van der Waals surface area contributed by atoms with Crippen LogP contribution in [0.1, 0.15) is 11.6 Å². The van der Waals surface area contributed by atoms with Crippen LogP contribution in [0.25, 0.3) is 11.0 Å². The van der Waals surface area contributed by atoms with Gasteiger partial charge in [-0.25, -0.2) is 4.79 Å². The number of benzene rings is 1. The normalized spacial score (nSPS) is 18.9. The number of carbonyl (C=O) groups excluding carboxylic acids is 1. The van der Waals surface area contributed by atoms with E-state index in [1.54, 1.807) is 6.26 Å². The van der Waals surface area contributed by atoms with E-state index in [2.05, 4.69) is 5.32 Å². The van der Waals surface area contributed by atoms with Crippen LogP contribution in [0.4, 0.5) is 4.79 Å². The molecule has 0 saturated carbocycles. The maximum Gasteiger partial charge on any atom is 0.318 e. The van der Waals surface area contributed by atoms with Gasteiger partial charge in [0.2, 0.25) is 0 Å². The van der Waals surface area contributed by atoms with Crippen molar-refractivity contribution in [1.82, 2.24) is 10.2 Å². The highest BCUT2D eigenvalue weighted by molar-refractivity contribution is 5.84. The smallest absolute Gasteiger partial charge is 0.318 e. The van der Waals surface area contributed by atoms with Crippen molar-refractivity contribution in [2.24, 2.45) is 0 Å². The quantitative estimate of drug-likeness (QED) is 0.818. The van der Waals surface area contributed by atoms with Gasteiger partial charge in [-0.2, -0.15) is 5.26 Å². The molecule has 1 fully saturated rings. The molecule has 1 atom stereocenters. The number of para-hydroxylation sites is 1. The van der Waals surface area contributed by atoms with E-state index in [9.17, 15) is 4.79 Å².